The van der Waals surface area contributed by atoms with Crippen molar-refractivity contribution in [1.82, 2.24) is 4.90 Å². The van der Waals surface area contributed by atoms with Crippen LogP contribution in [0.15, 0.2) is 43.8 Å². The second kappa shape index (κ2) is 8.16. The van der Waals surface area contributed by atoms with E-state index in [1.54, 1.807) is 25.1 Å². The van der Waals surface area contributed by atoms with Gasteiger partial charge >= 0.3 is 0 Å². The van der Waals surface area contributed by atoms with Crippen molar-refractivity contribution in [2.45, 2.75) is 11.1 Å². The van der Waals surface area contributed by atoms with Gasteiger partial charge in [0.15, 0.2) is 16.7 Å². The van der Waals surface area contributed by atoms with Gasteiger partial charge in [-0.15, -0.1) is 15.7 Å². The number of hydrogen-bond acceptors (Lipinski definition) is 7. The van der Waals surface area contributed by atoms with Crippen LogP contribution in [0.25, 0.3) is 6.08 Å². The van der Waals surface area contributed by atoms with Crippen LogP contribution in [0.1, 0.15) is 12.5 Å². The van der Waals surface area contributed by atoms with Crippen molar-refractivity contribution in [3.8, 4) is 11.5 Å². The summed E-state index contributed by atoms with van der Waals surface area (Å²) in [5.74, 6) is -0.103. The summed E-state index contributed by atoms with van der Waals surface area (Å²) in [5, 5.41) is 9.77. The summed E-state index contributed by atoms with van der Waals surface area (Å²) < 4.78 is 34.3. The molecule has 1 aliphatic rings. The minimum atomic E-state index is -3.97. The first-order valence-corrected chi connectivity index (χ1v) is 11.4. The number of likely N-dealkylation sites (N-methyl/N-ethyl adjacent to an activating group) is 1. The van der Waals surface area contributed by atoms with E-state index in [2.05, 4.69) is 4.40 Å². The number of rotatable bonds is 5. The van der Waals surface area contributed by atoms with Crippen LogP contribution in [-0.4, -0.2) is 43.2 Å². The molecule has 2 heterocycles. The summed E-state index contributed by atoms with van der Waals surface area (Å²) in [6.45, 7) is 2.00. The van der Waals surface area contributed by atoms with Gasteiger partial charge in [-0.3, -0.25) is 9.69 Å². The first-order valence-electron chi connectivity index (χ1n) is 7.94. The molecule has 148 valence electrons. The third-order valence-corrected chi connectivity index (χ3v) is 7.79. The van der Waals surface area contributed by atoms with Crippen molar-refractivity contribution in [3.63, 3.8) is 0 Å². The highest BCUT2D eigenvalue weighted by Gasteiger charge is 2.34. The van der Waals surface area contributed by atoms with Crippen molar-refractivity contribution < 1.29 is 23.1 Å². The Kier molecular flexibility index (Phi) is 6.04. The topological polar surface area (TPSA) is 96.3 Å². The molecule has 28 heavy (non-hydrogen) atoms. The first kappa shape index (κ1) is 20.7. The predicted molar refractivity (Wildman–Crippen MR) is 112 cm³/mol. The summed E-state index contributed by atoms with van der Waals surface area (Å²) in [6, 6.07) is 7.50. The SMILES string of the molecule is CCN1C(=O)C(=Cc2ccc(O)c(OC)c2)SC1=NS(=O)(=O)c1ccc(Cl)s1. The fourth-order valence-electron chi connectivity index (χ4n) is 2.37. The number of amides is 1. The van der Waals surface area contributed by atoms with Gasteiger partial charge in [0.25, 0.3) is 15.9 Å². The zero-order valence-electron chi connectivity index (χ0n) is 14.7. The lowest BCUT2D eigenvalue weighted by Crippen LogP contribution is -2.29. The quantitative estimate of drug-likeness (QED) is 0.684. The first-order chi connectivity index (χ1) is 13.2. The van der Waals surface area contributed by atoms with Crippen LogP contribution >= 0.6 is 34.7 Å². The van der Waals surface area contributed by atoms with Gasteiger partial charge in [-0.25, -0.2) is 0 Å². The van der Waals surface area contributed by atoms with Gasteiger partial charge in [0, 0.05) is 6.54 Å². The fourth-order valence-corrected chi connectivity index (χ4v) is 6.08. The normalized spacial score (nSPS) is 17.7. The summed E-state index contributed by atoms with van der Waals surface area (Å²) in [6.07, 6.45) is 1.59. The lowest BCUT2D eigenvalue weighted by molar-refractivity contribution is -0.122. The number of phenolic OH excluding ortho intramolecular Hbond substituents is 1. The van der Waals surface area contributed by atoms with E-state index >= 15 is 0 Å². The predicted octanol–water partition coefficient (Wildman–Crippen LogP) is 3.80. The van der Waals surface area contributed by atoms with Gasteiger partial charge in [-0.1, -0.05) is 17.7 Å². The highest BCUT2D eigenvalue weighted by Crippen LogP contribution is 2.36. The average Bonchev–Trinajstić information content (AvgIpc) is 3.20. The number of benzene rings is 1. The minimum Gasteiger partial charge on any atom is -0.504 e. The molecule has 1 amide bonds. The van der Waals surface area contributed by atoms with E-state index in [1.165, 1.54) is 30.2 Å². The van der Waals surface area contributed by atoms with Crippen LogP contribution in [0.4, 0.5) is 0 Å². The Hall–Kier alpha value is -2.01. The van der Waals surface area contributed by atoms with Crippen LogP contribution in [0.3, 0.4) is 0 Å². The Bertz CT molecular complexity index is 1090. The molecule has 0 radical (unpaired) electrons. The van der Waals surface area contributed by atoms with Gasteiger partial charge in [0.05, 0.1) is 16.4 Å². The summed E-state index contributed by atoms with van der Waals surface area (Å²) in [7, 11) is -2.55. The number of ether oxygens (including phenoxy) is 1. The smallest absolute Gasteiger partial charge is 0.294 e. The van der Waals surface area contributed by atoms with E-state index in [0.717, 1.165) is 23.1 Å². The number of nitrogens with zero attached hydrogens (tertiary/aromatic N) is 2. The lowest BCUT2D eigenvalue weighted by Gasteiger charge is -2.11. The average molecular weight is 459 g/mol. The van der Waals surface area contributed by atoms with Gasteiger partial charge in [0.1, 0.15) is 4.21 Å². The van der Waals surface area contributed by atoms with Crippen LogP contribution in [-0.2, 0) is 14.8 Å². The van der Waals surface area contributed by atoms with E-state index < -0.39 is 10.0 Å². The van der Waals surface area contributed by atoms with Crippen LogP contribution in [0, 0.1) is 0 Å². The summed E-state index contributed by atoms with van der Waals surface area (Å²) in [4.78, 5) is 14.3. The zero-order valence-corrected chi connectivity index (χ0v) is 18.0. The molecule has 0 spiro atoms. The van der Waals surface area contributed by atoms with Gasteiger partial charge in [-0.2, -0.15) is 8.42 Å². The Labute approximate surface area is 175 Å². The summed E-state index contributed by atoms with van der Waals surface area (Å²) >= 11 is 7.68. The molecule has 1 fully saturated rings. The van der Waals surface area contributed by atoms with Gasteiger partial charge in [0.2, 0.25) is 0 Å². The van der Waals surface area contributed by atoms with Crippen LogP contribution in [0.2, 0.25) is 4.34 Å². The molecule has 1 aromatic carbocycles. The lowest BCUT2D eigenvalue weighted by atomic mass is 10.2. The molecule has 0 bridgehead atoms. The Morgan fingerprint density at radius 3 is 2.68 bits per heavy atom. The number of carbonyl (C=O) groups is 1. The Morgan fingerprint density at radius 2 is 2.07 bits per heavy atom. The van der Waals surface area contributed by atoms with E-state index in [4.69, 9.17) is 16.3 Å². The molecule has 3 rings (SSSR count). The monoisotopic (exact) mass is 458 g/mol. The number of amidine groups is 1. The van der Waals surface area contributed by atoms with Crippen molar-refractivity contribution in [1.29, 1.82) is 0 Å². The molecule has 0 saturated carbocycles. The van der Waals surface area contributed by atoms with Gasteiger partial charge in [-0.05, 0) is 54.6 Å². The second-order valence-electron chi connectivity index (χ2n) is 5.50. The number of aromatic hydroxyl groups is 1. The van der Waals surface area contributed by atoms with Crippen LogP contribution < -0.4 is 4.74 Å². The maximum Gasteiger partial charge on any atom is 0.294 e. The third kappa shape index (κ3) is 4.19. The van der Waals surface area contributed by atoms with Crippen molar-refractivity contribution in [2.24, 2.45) is 4.40 Å². The van der Waals surface area contributed by atoms with E-state index in [0.29, 0.717) is 14.8 Å². The maximum atomic E-state index is 12.7. The molecular formula is C17H15ClN2O5S3. The van der Waals surface area contributed by atoms with Crippen LogP contribution in [0.5, 0.6) is 11.5 Å². The van der Waals surface area contributed by atoms with E-state index in [1.807, 2.05) is 0 Å². The molecule has 1 N–H and O–H groups in total. The molecule has 0 atom stereocenters. The van der Waals surface area contributed by atoms with Crippen molar-refractivity contribution >= 4 is 61.9 Å². The largest absolute Gasteiger partial charge is 0.504 e. The molecule has 1 aliphatic heterocycles. The van der Waals surface area contributed by atoms with E-state index in [-0.39, 0.29) is 33.3 Å². The second-order valence-corrected chi connectivity index (χ2v) is 10.1. The molecule has 7 nitrogen and oxygen atoms in total. The number of sulfonamides is 1. The number of thiophene rings is 1. The Balaban J connectivity index is 1.97. The number of methoxy groups -OCH3 is 1. The molecule has 0 aliphatic carbocycles. The van der Waals surface area contributed by atoms with Gasteiger partial charge < -0.3 is 9.84 Å². The maximum absolute atomic E-state index is 12.7. The number of phenols is 1. The number of carbonyl (C=O) groups excluding carboxylic acids is 1. The highest BCUT2D eigenvalue weighted by atomic mass is 35.5. The fraction of sp³-hybridized carbons (Fsp3) is 0.176. The highest BCUT2D eigenvalue weighted by molar-refractivity contribution is 8.19. The summed E-state index contributed by atoms with van der Waals surface area (Å²) in [5.41, 5.74) is 0.621. The van der Waals surface area contributed by atoms with E-state index in [9.17, 15) is 18.3 Å². The van der Waals surface area contributed by atoms with Crippen molar-refractivity contribution in [3.05, 3.63) is 45.1 Å². The number of halogens is 1. The third-order valence-electron chi connectivity index (χ3n) is 3.71. The molecular weight excluding hydrogens is 444 g/mol. The molecule has 2 aromatic rings. The standard InChI is InChI=1S/C17H15ClN2O5S3/c1-3-20-16(22)13(9-10-4-5-11(21)12(8-10)25-2)26-17(20)19-28(23,24)15-7-6-14(18)27-15/h4-9,21H,3H2,1-2H3. The number of hydrogen-bond donors (Lipinski definition) is 1. The molecule has 1 aromatic heterocycles. The number of thioether (sulfide) groups is 1. The molecule has 11 heteroatoms. The van der Waals surface area contributed by atoms with Crippen molar-refractivity contribution in [2.75, 3.05) is 13.7 Å². The minimum absolute atomic E-state index is 0.00908. The Morgan fingerprint density at radius 1 is 1.32 bits per heavy atom. The molecule has 1 saturated heterocycles. The molecule has 0 unspecified atom stereocenters. The zero-order chi connectivity index (χ0) is 20.5.